The summed E-state index contributed by atoms with van der Waals surface area (Å²) in [4.78, 5) is 38.9. The number of carboxylic acids is 3. The Hall–Kier alpha value is -3.45. The predicted molar refractivity (Wildman–Crippen MR) is 164 cm³/mol. The number of hydrogen-bond donors (Lipinski definition) is 4. The first-order valence-corrected chi connectivity index (χ1v) is 15.2. The van der Waals surface area contributed by atoms with Crippen LogP contribution in [0.15, 0.2) is 42.6 Å². The fourth-order valence-corrected chi connectivity index (χ4v) is 6.48. The van der Waals surface area contributed by atoms with E-state index in [9.17, 15) is 18.8 Å². The normalized spacial score (nSPS) is 17.3. The molecule has 10 nitrogen and oxygen atoms in total. The summed E-state index contributed by atoms with van der Waals surface area (Å²) in [7, 11) is 0. The average molecular weight is 633 g/mol. The SMILES string of the molecule is CCOC[C@]1(CCc2cc3cc(F)ccc3s2)CCN(C(C)(C)c2ccc(C)nc2)C1.O=C(O)CC(O)(CC(=O)O)C(=O)O. The first kappa shape index (κ1) is 35.0. The lowest BCUT2D eigenvalue weighted by Gasteiger charge is -2.38. The van der Waals surface area contributed by atoms with Crippen LogP contribution in [0.2, 0.25) is 0 Å². The highest BCUT2D eigenvalue weighted by molar-refractivity contribution is 7.19. The van der Waals surface area contributed by atoms with E-state index in [1.54, 1.807) is 23.5 Å². The van der Waals surface area contributed by atoms with Gasteiger partial charge in [0.25, 0.3) is 0 Å². The van der Waals surface area contributed by atoms with Gasteiger partial charge in [-0.05, 0) is 94.8 Å². The Morgan fingerprint density at radius 2 is 1.77 bits per heavy atom. The molecule has 3 heterocycles. The number of hydrogen-bond acceptors (Lipinski definition) is 8. The van der Waals surface area contributed by atoms with Crippen molar-refractivity contribution in [2.75, 3.05) is 26.3 Å². The molecule has 2 aromatic heterocycles. The van der Waals surface area contributed by atoms with Crippen molar-refractivity contribution in [2.45, 2.75) is 70.9 Å². The second kappa shape index (κ2) is 14.6. The quantitative estimate of drug-likeness (QED) is 0.200. The molecule has 0 radical (unpaired) electrons. The Morgan fingerprint density at radius 3 is 2.34 bits per heavy atom. The number of aryl methyl sites for hydroxylation is 2. The van der Waals surface area contributed by atoms with E-state index in [2.05, 4.69) is 48.9 Å². The van der Waals surface area contributed by atoms with E-state index < -0.39 is 36.4 Å². The largest absolute Gasteiger partial charge is 0.481 e. The van der Waals surface area contributed by atoms with Crippen molar-refractivity contribution in [3.8, 4) is 0 Å². The van der Waals surface area contributed by atoms with Crippen molar-refractivity contribution in [3.05, 3.63) is 64.5 Å². The van der Waals surface area contributed by atoms with E-state index in [0.717, 1.165) is 61.3 Å². The standard InChI is InChI=1S/C26H33FN2OS.C6H8O7/c1-5-30-18-26(11-10-23-15-20-14-22(27)8-9-24(20)31-23)12-13-29(17-26)25(3,4)21-7-6-19(2)28-16-21;7-3(8)1-6(13,5(11)12)2-4(9)10/h6-9,14-16H,5,10-13,17-18H2,1-4H3;13H,1-2H2,(H,7,8)(H,9,10)(H,11,12)/t26-;/m1./s1. The number of carbonyl (C=O) groups is 3. The number of aliphatic carboxylic acids is 3. The number of aromatic nitrogens is 1. The van der Waals surface area contributed by atoms with Crippen LogP contribution in [-0.2, 0) is 31.1 Å². The molecule has 0 amide bonds. The zero-order chi connectivity index (χ0) is 32.7. The van der Waals surface area contributed by atoms with Gasteiger partial charge in [0.15, 0.2) is 5.60 Å². The number of aliphatic hydroxyl groups is 1. The van der Waals surface area contributed by atoms with E-state index in [1.807, 2.05) is 19.2 Å². The zero-order valence-corrected chi connectivity index (χ0v) is 26.3. The number of pyridine rings is 1. The molecule has 0 aliphatic carbocycles. The minimum atomic E-state index is -2.74. The number of benzene rings is 1. The van der Waals surface area contributed by atoms with E-state index in [4.69, 9.17) is 25.2 Å². The van der Waals surface area contributed by atoms with Crippen LogP contribution in [0.25, 0.3) is 10.1 Å². The van der Waals surface area contributed by atoms with Crippen LogP contribution >= 0.6 is 11.3 Å². The summed E-state index contributed by atoms with van der Waals surface area (Å²) >= 11 is 1.79. The van der Waals surface area contributed by atoms with Crippen molar-refractivity contribution >= 4 is 39.3 Å². The fraction of sp³-hybridized carbons (Fsp3) is 0.500. The highest BCUT2D eigenvalue weighted by atomic mass is 32.1. The van der Waals surface area contributed by atoms with Gasteiger partial charge in [0.2, 0.25) is 0 Å². The van der Waals surface area contributed by atoms with Gasteiger partial charge in [-0.1, -0.05) is 6.07 Å². The maximum atomic E-state index is 13.6. The van der Waals surface area contributed by atoms with Gasteiger partial charge in [0.05, 0.1) is 19.4 Å². The lowest BCUT2D eigenvalue weighted by molar-refractivity contribution is -0.170. The molecule has 1 saturated heterocycles. The first-order chi connectivity index (χ1) is 20.6. The van der Waals surface area contributed by atoms with Crippen molar-refractivity contribution < 1.29 is 43.9 Å². The maximum Gasteiger partial charge on any atom is 0.336 e. The number of halogens is 1. The van der Waals surface area contributed by atoms with Crippen LogP contribution in [0.5, 0.6) is 0 Å². The Bertz CT molecular complexity index is 1440. The number of carboxylic acid groups (broad SMARTS) is 3. The minimum absolute atomic E-state index is 0.0657. The Kier molecular flexibility index (Phi) is 11.6. The Labute approximate surface area is 260 Å². The Morgan fingerprint density at radius 1 is 1.09 bits per heavy atom. The summed E-state index contributed by atoms with van der Waals surface area (Å²) in [6.07, 6.45) is 2.96. The molecule has 1 aliphatic rings. The van der Waals surface area contributed by atoms with Crippen LogP contribution in [0.3, 0.4) is 0 Å². The molecule has 0 unspecified atom stereocenters. The van der Waals surface area contributed by atoms with Gasteiger partial charge in [-0.25, -0.2) is 9.18 Å². The van der Waals surface area contributed by atoms with E-state index in [-0.39, 0.29) is 16.8 Å². The second-order valence-electron chi connectivity index (χ2n) is 11.9. The summed E-state index contributed by atoms with van der Waals surface area (Å²) in [6, 6.07) is 11.6. The number of nitrogens with zero attached hydrogens (tertiary/aromatic N) is 2. The third-order valence-corrected chi connectivity index (χ3v) is 9.35. The number of thiophene rings is 1. The molecule has 0 spiro atoms. The topological polar surface area (TPSA) is 157 Å². The molecule has 240 valence electrons. The molecule has 3 aromatic rings. The highest BCUT2D eigenvalue weighted by Gasteiger charge is 2.44. The number of likely N-dealkylation sites (tertiary alicyclic amines) is 1. The third kappa shape index (κ3) is 9.04. The molecule has 44 heavy (non-hydrogen) atoms. The molecule has 0 saturated carbocycles. The molecule has 0 bridgehead atoms. The van der Waals surface area contributed by atoms with Crippen molar-refractivity contribution in [1.29, 1.82) is 0 Å². The predicted octanol–water partition coefficient (Wildman–Crippen LogP) is 5.09. The van der Waals surface area contributed by atoms with Crippen LogP contribution in [0.4, 0.5) is 4.39 Å². The molecular weight excluding hydrogens is 591 g/mol. The van der Waals surface area contributed by atoms with Crippen molar-refractivity contribution in [3.63, 3.8) is 0 Å². The lowest BCUT2D eigenvalue weighted by Crippen LogP contribution is -2.42. The van der Waals surface area contributed by atoms with Gasteiger partial charge < -0.3 is 25.2 Å². The third-order valence-electron chi connectivity index (χ3n) is 8.18. The summed E-state index contributed by atoms with van der Waals surface area (Å²) in [6.45, 7) is 12.3. The zero-order valence-electron chi connectivity index (χ0n) is 25.5. The fourth-order valence-electron chi connectivity index (χ4n) is 5.43. The van der Waals surface area contributed by atoms with E-state index >= 15 is 0 Å². The highest BCUT2D eigenvalue weighted by Crippen LogP contribution is 2.42. The van der Waals surface area contributed by atoms with Crippen LogP contribution < -0.4 is 0 Å². The number of rotatable bonds is 13. The number of fused-ring (bicyclic) bond motifs is 1. The number of ether oxygens (including phenoxy) is 1. The molecule has 4 rings (SSSR count). The van der Waals surface area contributed by atoms with Gasteiger partial charge >= 0.3 is 17.9 Å². The first-order valence-electron chi connectivity index (χ1n) is 14.4. The van der Waals surface area contributed by atoms with Crippen LogP contribution in [0.1, 0.15) is 62.6 Å². The molecule has 1 aliphatic heterocycles. The molecular formula is C32H41FN2O8S. The van der Waals surface area contributed by atoms with Crippen molar-refractivity contribution in [1.82, 2.24) is 9.88 Å². The molecule has 1 atom stereocenters. The summed E-state index contributed by atoms with van der Waals surface area (Å²) < 4.78 is 20.7. The van der Waals surface area contributed by atoms with Gasteiger partial charge in [0.1, 0.15) is 5.82 Å². The molecule has 4 N–H and O–H groups in total. The maximum absolute atomic E-state index is 13.6. The lowest BCUT2D eigenvalue weighted by atomic mass is 9.82. The van der Waals surface area contributed by atoms with Gasteiger partial charge in [-0.2, -0.15) is 0 Å². The molecule has 1 fully saturated rings. The molecule has 12 heteroatoms. The van der Waals surface area contributed by atoms with Crippen molar-refractivity contribution in [2.24, 2.45) is 5.41 Å². The van der Waals surface area contributed by atoms with Crippen LogP contribution in [-0.4, -0.2) is 80.1 Å². The minimum Gasteiger partial charge on any atom is -0.481 e. The van der Waals surface area contributed by atoms with Crippen LogP contribution in [0, 0.1) is 18.2 Å². The van der Waals surface area contributed by atoms with Gasteiger partial charge in [-0.15, -0.1) is 11.3 Å². The van der Waals surface area contributed by atoms with Gasteiger partial charge in [0, 0.05) is 45.6 Å². The van der Waals surface area contributed by atoms with E-state index in [1.165, 1.54) is 10.4 Å². The smallest absolute Gasteiger partial charge is 0.336 e. The average Bonchev–Trinajstić information content (AvgIpc) is 3.55. The van der Waals surface area contributed by atoms with E-state index in [0.29, 0.717) is 0 Å². The summed E-state index contributed by atoms with van der Waals surface area (Å²) in [5.74, 6) is -5.18. The molecule has 1 aromatic carbocycles. The summed E-state index contributed by atoms with van der Waals surface area (Å²) in [5, 5.41) is 34.8. The van der Waals surface area contributed by atoms with Gasteiger partial charge in [-0.3, -0.25) is 19.5 Å². The summed E-state index contributed by atoms with van der Waals surface area (Å²) in [5.41, 5.74) is -0.347. The Balaban J connectivity index is 0.000000345. The monoisotopic (exact) mass is 632 g/mol. The second-order valence-corrected chi connectivity index (χ2v) is 13.1.